The monoisotopic (exact) mass is 264 g/mol. The quantitative estimate of drug-likeness (QED) is 0.749. The summed E-state index contributed by atoms with van der Waals surface area (Å²) in [5, 5.41) is 0. The lowest BCUT2D eigenvalue weighted by atomic mass is 9.66. The fraction of sp³-hybridized carbons (Fsp3) is 0.917. The molecule has 0 aliphatic heterocycles. The van der Waals surface area contributed by atoms with Crippen LogP contribution in [0.2, 0.25) is 0 Å². The Morgan fingerprint density at radius 3 is 1.94 bits per heavy atom. The summed E-state index contributed by atoms with van der Waals surface area (Å²) in [6.45, 7) is 10.3. The van der Waals surface area contributed by atoms with Crippen LogP contribution in [0.5, 0.6) is 0 Å². The van der Waals surface area contributed by atoms with Crippen LogP contribution < -0.4 is 0 Å². The highest BCUT2D eigenvalue weighted by Crippen LogP contribution is 2.41. The van der Waals surface area contributed by atoms with E-state index >= 15 is 0 Å². The van der Waals surface area contributed by atoms with Gasteiger partial charge in [0.1, 0.15) is 5.78 Å². The van der Waals surface area contributed by atoms with Gasteiger partial charge in [0.15, 0.2) is 0 Å². The van der Waals surface area contributed by atoms with Crippen LogP contribution in [0, 0.1) is 10.8 Å². The van der Waals surface area contributed by atoms with Crippen LogP contribution in [0.15, 0.2) is 0 Å². The third-order valence-corrected chi connectivity index (χ3v) is 4.33. The second kappa shape index (κ2) is 5.48. The molecule has 0 amide bonds. The Hall–Kier alpha value is -0.420. The molecule has 0 aromatic heterocycles. The Morgan fingerprint density at radius 1 is 1.12 bits per heavy atom. The van der Waals surface area contributed by atoms with Gasteiger partial charge in [-0.15, -0.1) is 0 Å². The number of hydrogen-bond donors (Lipinski definition) is 1. The summed E-state index contributed by atoms with van der Waals surface area (Å²) in [5.74, 6) is -0.289. The first-order valence-corrected chi connectivity index (χ1v) is 7.43. The Labute approximate surface area is 105 Å². The van der Waals surface area contributed by atoms with Crippen molar-refractivity contribution in [2.45, 2.75) is 53.9 Å². The SMILES string of the molecule is CC(C)(C)C(C)(C)CC(=O)CCCS(=O)(=O)O. The van der Waals surface area contributed by atoms with Crippen molar-refractivity contribution in [2.75, 3.05) is 5.75 Å². The van der Waals surface area contributed by atoms with E-state index in [2.05, 4.69) is 20.8 Å². The molecule has 0 aliphatic carbocycles. The molecule has 17 heavy (non-hydrogen) atoms. The average Bonchev–Trinajstić information content (AvgIpc) is 1.97. The number of rotatable bonds is 6. The Morgan fingerprint density at radius 2 is 1.59 bits per heavy atom. The number of Topliss-reactive ketones (excluding diaryl/α,β-unsaturated/α-hetero) is 1. The molecular formula is C12H24O4S. The van der Waals surface area contributed by atoms with Gasteiger partial charge >= 0.3 is 0 Å². The third-order valence-electron chi connectivity index (χ3n) is 3.53. The standard InChI is InChI=1S/C12H24O4S/c1-11(2,3)12(4,5)9-10(13)7-6-8-17(14,15)16/h6-9H2,1-5H3,(H,14,15,16). The molecular weight excluding hydrogens is 240 g/mol. The molecule has 102 valence electrons. The molecule has 0 unspecified atom stereocenters. The van der Waals surface area contributed by atoms with Crippen LogP contribution in [0.25, 0.3) is 0 Å². The van der Waals surface area contributed by atoms with Gasteiger partial charge in [0.25, 0.3) is 10.1 Å². The van der Waals surface area contributed by atoms with Crippen molar-refractivity contribution in [3.63, 3.8) is 0 Å². The van der Waals surface area contributed by atoms with Crippen LogP contribution in [-0.4, -0.2) is 24.5 Å². The Balaban J connectivity index is 4.21. The molecule has 5 heteroatoms. The molecule has 0 bridgehead atoms. The van der Waals surface area contributed by atoms with E-state index in [4.69, 9.17) is 4.55 Å². The first kappa shape index (κ1) is 16.6. The second-order valence-corrected chi connectivity index (χ2v) is 7.81. The van der Waals surface area contributed by atoms with Crippen LogP contribution in [0.3, 0.4) is 0 Å². The zero-order chi connectivity index (χ0) is 13.9. The lowest BCUT2D eigenvalue weighted by Crippen LogP contribution is -2.32. The minimum atomic E-state index is -3.94. The molecule has 0 heterocycles. The predicted molar refractivity (Wildman–Crippen MR) is 68.5 cm³/mol. The Bertz CT molecular complexity index is 360. The fourth-order valence-electron chi connectivity index (χ4n) is 1.30. The molecule has 0 fully saturated rings. The summed E-state index contributed by atoms with van der Waals surface area (Å²) in [6, 6.07) is 0. The van der Waals surface area contributed by atoms with E-state index < -0.39 is 10.1 Å². The van der Waals surface area contributed by atoms with Crippen LogP contribution in [-0.2, 0) is 14.9 Å². The van der Waals surface area contributed by atoms with Crippen molar-refractivity contribution in [2.24, 2.45) is 10.8 Å². The molecule has 0 radical (unpaired) electrons. The lowest BCUT2D eigenvalue weighted by Gasteiger charge is -2.38. The highest BCUT2D eigenvalue weighted by molar-refractivity contribution is 7.85. The molecule has 0 saturated heterocycles. The topological polar surface area (TPSA) is 71.4 Å². The van der Waals surface area contributed by atoms with Crippen LogP contribution in [0.4, 0.5) is 0 Å². The van der Waals surface area contributed by atoms with Crippen molar-refractivity contribution in [1.82, 2.24) is 0 Å². The highest BCUT2D eigenvalue weighted by Gasteiger charge is 2.34. The number of ketones is 1. The molecule has 4 nitrogen and oxygen atoms in total. The highest BCUT2D eigenvalue weighted by atomic mass is 32.2. The van der Waals surface area contributed by atoms with E-state index in [0.717, 1.165) is 0 Å². The zero-order valence-electron chi connectivity index (χ0n) is 11.4. The van der Waals surface area contributed by atoms with Crippen LogP contribution in [0.1, 0.15) is 53.9 Å². The first-order valence-electron chi connectivity index (χ1n) is 5.82. The van der Waals surface area contributed by atoms with Crippen molar-refractivity contribution in [3.8, 4) is 0 Å². The fourth-order valence-corrected chi connectivity index (χ4v) is 1.81. The molecule has 1 N–H and O–H groups in total. The Kier molecular flexibility index (Phi) is 5.35. The van der Waals surface area contributed by atoms with Gasteiger partial charge < -0.3 is 0 Å². The van der Waals surface area contributed by atoms with Gasteiger partial charge in [-0.25, -0.2) is 0 Å². The smallest absolute Gasteiger partial charge is 0.264 e. The number of carbonyl (C=O) groups is 1. The lowest BCUT2D eigenvalue weighted by molar-refractivity contribution is -0.122. The van der Waals surface area contributed by atoms with Gasteiger partial charge in [0.2, 0.25) is 0 Å². The normalized spacial score (nSPS) is 13.8. The maximum Gasteiger partial charge on any atom is 0.264 e. The van der Waals surface area contributed by atoms with Crippen molar-refractivity contribution in [1.29, 1.82) is 0 Å². The van der Waals surface area contributed by atoms with E-state index in [-0.39, 0.29) is 35.2 Å². The van der Waals surface area contributed by atoms with Crippen molar-refractivity contribution >= 4 is 15.9 Å². The summed E-state index contributed by atoms with van der Waals surface area (Å²) in [7, 11) is -3.94. The molecule has 0 rings (SSSR count). The minimum absolute atomic E-state index is 0.0196. The van der Waals surface area contributed by atoms with Gasteiger partial charge in [-0.05, 0) is 17.3 Å². The summed E-state index contributed by atoms with van der Waals surface area (Å²) in [4.78, 5) is 11.7. The van der Waals surface area contributed by atoms with Gasteiger partial charge in [-0.3, -0.25) is 9.35 Å². The molecule has 0 atom stereocenters. The maximum atomic E-state index is 11.7. The largest absolute Gasteiger partial charge is 0.300 e. The molecule has 0 aromatic carbocycles. The van der Waals surface area contributed by atoms with E-state index in [1.165, 1.54) is 0 Å². The van der Waals surface area contributed by atoms with Gasteiger partial charge in [0.05, 0.1) is 5.75 Å². The average molecular weight is 264 g/mol. The molecule has 0 aliphatic rings. The van der Waals surface area contributed by atoms with Crippen molar-refractivity contribution < 1.29 is 17.8 Å². The van der Waals surface area contributed by atoms with Gasteiger partial charge in [-0.2, -0.15) is 8.42 Å². The van der Waals surface area contributed by atoms with E-state index in [1.54, 1.807) is 0 Å². The zero-order valence-corrected chi connectivity index (χ0v) is 12.2. The maximum absolute atomic E-state index is 11.7. The van der Waals surface area contributed by atoms with E-state index in [0.29, 0.717) is 6.42 Å². The van der Waals surface area contributed by atoms with E-state index in [1.807, 2.05) is 13.8 Å². The minimum Gasteiger partial charge on any atom is -0.300 e. The number of carbonyl (C=O) groups excluding carboxylic acids is 1. The third kappa shape index (κ3) is 6.78. The molecule has 0 saturated carbocycles. The summed E-state index contributed by atoms with van der Waals surface area (Å²) in [5.41, 5.74) is -0.103. The van der Waals surface area contributed by atoms with E-state index in [9.17, 15) is 13.2 Å². The molecule has 0 spiro atoms. The van der Waals surface area contributed by atoms with Crippen LogP contribution >= 0.6 is 0 Å². The predicted octanol–water partition coefficient (Wildman–Crippen LogP) is 2.69. The summed E-state index contributed by atoms with van der Waals surface area (Å²) < 4.78 is 29.6. The first-order chi connectivity index (χ1) is 7.35. The van der Waals surface area contributed by atoms with Crippen molar-refractivity contribution in [3.05, 3.63) is 0 Å². The van der Waals surface area contributed by atoms with Gasteiger partial charge in [0, 0.05) is 12.8 Å². The summed E-state index contributed by atoms with van der Waals surface area (Å²) in [6.07, 6.45) is 0.833. The summed E-state index contributed by atoms with van der Waals surface area (Å²) >= 11 is 0. The molecule has 0 aromatic rings. The van der Waals surface area contributed by atoms with Gasteiger partial charge in [-0.1, -0.05) is 34.6 Å². The number of hydrogen-bond acceptors (Lipinski definition) is 3. The second-order valence-electron chi connectivity index (χ2n) is 6.24.